The van der Waals surface area contributed by atoms with Gasteiger partial charge in [0.15, 0.2) is 11.5 Å². The summed E-state index contributed by atoms with van der Waals surface area (Å²) >= 11 is 0. The van der Waals surface area contributed by atoms with Crippen molar-refractivity contribution in [2.24, 2.45) is 0 Å². The minimum absolute atomic E-state index is 0.0526. The second-order valence-electron chi connectivity index (χ2n) is 6.13. The van der Waals surface area contributed by atoms with Gasteiger partial charge in [0.1, 0.15) is 18.8 Å². The summed E-state index contributed by atoms with van der Waals surface area (Å²) in [5, 5.41) is 10.8. The number of nitrogens with zero attached hydrogens (tertiary/aromatic N) is 1. The minimum Gasteiger partial charge on any atom is -0.465 e. The lowest BCUT2D eigenvalue weighted by molar-refractivity contribution is -0.216. The van der Waals surface area contributed by atoms with Gasteiger partial charge in [-0.05, 0) is 0 Å². The third-order valence-electron chi connectivity index (χ3n) is 4.47. The van der Waals surface area contributed by atoms with E-state index in [1.54, 1.807) is 0 Å². The molecule has 2 aliphatic rings. The first kappa shape index (κ1) is 17.5. The number of ether oxygens (including phenoxy) is 4. The third-order valence-corrected chi connectivity index (χ3v) is 4.47. The molecule has 3 heterocycles. The number of aliphatic hydroxyl groups excluding tert-OH is 1. The largest absolute Gasteiger partial charge is 0.465 e. The lowest BCUT2D eigenvalue weighted by Crippen LogP contribution is -2.49. The summed E-state index contributed by atoms with van der Waals surface area (Å²) in [6.07, 6.45) is -2.51. The monoisotopic (exact) mass is 374 g/mol. The van der Waals surface area contributed by atoms with Crippen LogP contribution >= 0.6 is 0 Å². The van der Waals surface area contributed by atoms with Crippen LogP contribution in [0.2, 0.25) is 0 Å². The maximum atomic E-state index is 12.1. The van der Waals surface area contributed by atoms with Gasteiger partial charge in [0.05, 0.1) is 0 Å². The van der Waals surface area contributed by atoms with Crippen molar-refractivity contribution < 1.29 is 24.1 Å². The first-order chi connectivity index (χ1) is 13.1. The zero-order valence-electron chi connectivity index (χ0n) is 14.4. The van der Waals surface area contributed by atoms with E-state index in [0.29, 0.717) is 0 Å². The number of H-pyrrole nitrogens is 1. The molecule has 2 aromatic rings. The van der Waals surface area contributed by atoms with E-state index in [9.17, 15) is 14.7 Å². The number of hydrogen-bond acceptors (Lipinski definition) is 7. The fraction of sp³-hybridized carbons (Fsp3) is 0.333. The van der Waals surface area contributed by atoms with Crippen molar-refractivity contribution in [3.8, 4) is 0 Å². The van der Waals surface area contributed by atoms with E-state index in [2.05, 4.69) is 4.98 Å². The maximum absolute atomic E-state index is 12.1. The van der Waals surface area contributed by atoms with Crippen molar-refractivity contribution in [2.75, 3.05) is 13.7 Å². The van der Waals surface area contributed by atoms with Gasteiger partial charge in [-0.1, -0.05) is 30.3 Å². The zero-order valence-corrected chi connectivity index (χ0v) is 14.4. The maximum Gasteiger partial charge on any atom is 0.331 e. The lowest BCUT2D eigenvalue weighted by atomic mass is 10.1. The van der Waals surface area contributed by atoms with Crippen LogP contribution < -0.4 is 11.2 Å². The number of nitrogens with one attached hydrogen (secondary N) is 1. The molecule has 4 atom stereocenters. The van der Waals surface area contributed by atoms with Gasteiger partial charge >= 0.3 is 5.69 Å². The predicted octanol–water partition coefficient (Wildman–Crippen LogP) is 0.398. The Balaban J connectivity index is 1.67. The molecule has 2 N–H and O–H groups in total. The highest BCUT2D eigenvalue weighted by Gasteiger charge is 2.45. The molecule has 0 amide bonds. The van der Waals surface area contributed by atoms with Gasteiger partial charge < -0.3 is 24.1 Å². The molecule has 0 unspecified atom stereocenters. The Morgan fingerprint density at radius 1 is 1.19 bits per heavy atom. The van der Waals surface area contributed by atoms with Crippen molar-refractivity contribution in [1.29, 1.82) is 0 Å². The van der Waals surface area contributed by atoms with Crippen LogP contribution in [0.3, 0.4) is 0 Å². The first-order valence-corrected chi connectivity index (χ1v) is 8.33. The van der Waals surface area contributed by atoms with E-state index in [4.69, 9.17) is 18.9 Å². The number of aliphatic hydroxyl groups is 1. The lowest BCUT2D eigenvalue weighted by Gasteiger charge is -2.40. The van der Waals surface area contributed by atoms with Crippen molar-refractivity contribution in [3.63, 3.8) is 0 Å². The number of aromatic nitrogens is 2. The van der Waals surface area contributed by atoms with Gasteiger partial charge in [-0.25, -0.2) is 4.79 Å². The number of benzene rings is 1. The van der Waals surface area contributed by atoms with E-state index >= 15 is 0 Å². The molecule has 4 rings (SSSR count). The highest BCUT2D eigenvalue weighted by Crippen LogP contribution is 2.39. The molecular formula is C18H18N2O7. The summed E-state index contributed by atoms with van der Waals surface area (Å²) in [5.41, 5.74) is -0.411. The molecule has 1 aromatic heterocycles. The van der Waals surface area contributed by atoms with Crippen molar-refractivity contribution in [3.05, 3.63) is 80.5 Å². The Labute approximate surface area is 153 Å². The van der Waals surface area contributed by atoms with E-state index in [1.165, 1.54) is 19.4 Å². The Morgan fingerprint density at radius 2 is 1.96 bits per heavy atom. The van der Waals surface area contributed by atoms with Crippen LogP contribution in [0.1, 0.15) is 18.1 Å². The highest BCUT2D eigenvalue weighted by molar-refractivity contribution is 5.21. The average Bonchev–Trinajstić information content (AvgIpc) is 2.68. The zero-order chi connectivity index (χ0) is 19.0. The Kier molecular flexibility index (Phi) is 4.56. The molecule has 1 aromatic carbocycles. The van der Waals surface area contributed by atoms with Crippen LogP contribution in [0.15, 0.2) is 63.7 Å². The number of rotatable bonds is 3. The van der Waals surface area contributed by atoms with E-state index in [0.717, 1.165) is 10.1 Å². The first-order valence-electron chi connectivity index (χ1n) is 8.33. The highest BCUT2D eigenvalue weighted by atomic mass is 16.7. The molecule has 0 aliphatic carbocycles. The van der Waals surface area contributed by atoms with E-state index < -0.39 is 36.0 Å². The van der Waals surface area contributed by atoms with Crippen molar-refractivity contribution in [1.82, 2.24) is 9.55 Å². The minimum atomic E-state index is -1.18. The molecule has 27 heavy (non-hydrogen) atoms. The van der Waals surface area contributed by atoms with Crippen LogP contribution in [0.5, 0.6) is 0 Å². The molecular weight excluding hydrogens is 356 g/mol. The Hall–Kier alpha value is -2.88. The van der Waals surface area contributed by atoms with Gasteiger partial charge in [0, 0.05) is 24.9 Å². The Morgan fingerprint density at radius 3 is 2.67 bits per heavy atom. The topological polar surface area (TPSA) is 112 Å². The molecule has 0 spiro atoms. The van der Waals surface area contributed by atoms with E-state index in [1.807, 2.05) is 30.3 Å². The molecule has 0 bridgehead atoms. The van der Waals surface area contributed by atoms with Crippen LogP contribution in [-0.2, 0) is 18.9 Å². The Bertz CT molecular complexity index is 965. The summed E-state index contributed by atoms with van der Waals surface area (Å²) in [6, 6.07) is 10.5. The fourth-order valence-corrected chi connectivity index (χ4v) is 3.14. The van der Waals surface area contributed by atoms with Gasteiger partial charge in [0.25, 0.3) is 5.56 Å². The van der Waals surface area contributed by atoms with Gasteiger partial charge in [0.2, 0.25) is 12.5 Å². The SMILES string of the molecule is CO[C@H]1[C@H](n2ccc(=O)[nH]c2=O)OC2=C(O[C@H](c3ccccc3)OC2)[C@@H]1O. The predicted molar refractivity (Wildman–Crippen MR) is 91.5 cm³/mol. The fourth-order valence-electron chi connectivity index (χ4n) is 3.14. The standard InChI is InChI=1S/C18H18N2O7/c1-24-15-13(22)14-11(9-25-17(27-14)10-5-3-2-4-6-10)26-16(15)20-8-7-12(21)19-18(20)23/h2-8,13,15-17,22H,9H2,1H3,(H,19,21,23)/t13-,15+,16+,17+/m0/s1. The molecule has 2 aliphatic heterocycles. The second-order valence-corrected chi connectivity index (χ2v) is 6.13. The van der Waals surface area contributed by atoms with Crippen LogP contribution in [-0.4, -0.2) is 40.6 Å². The van der Waals surface area contributed by atoms with Crippen LogP contribution in [0.4, 0.5) is 0 Å². The molecule has 0 saturated heterocycles. The van der Waals surface area contributed by atoms with Crippen molar-refractivity contribution >= 4 is 0 Å². The number of methoxy groups -OCH3 is 1. The van der Waals surface area contributed by atoms with Crippen LogP contribution in [0, 0.1) is 0 Å². The molecule has 0 fully saturated rings. The number of hydrogen-bond donors (Lipinski definition) is 2. The summed E-state index contributed by atoms with van der Waals surface area (Å²) in [4.78, 5) is 25.6. The number of aromatic amines is 1. The molecule has 9 heteroatoms. The summed E-state index contributed by atoms with van der Waals surface area (Å²) in [5.74, 6) is 0.474. The smallest absolute Gasteiger partial charge is 0.331 e. The average molecular weight is 374 g/mol. The quantitative estimate of drug-likeness (QED) is 0.800. The van der Waals surface area contributed by atoms with Gasteiger partial charge in [-0.2, -0.15) is 0 Å². The molecule has 9 nitrogen and oxygen atoms in total. The second kappa shape index (κ2) is 7.03. The van der Waals surface area contributed by atoms with Gasteiger partial charge in [-0.15, -0.1) is 0 Å². The normalized spacial score (nSPS) is 27.5. The molecule has 142 valence electrons. The summed E-state index contributed by atoms with van der Waals surface area (Å²) < 4.78 is 23.8. The molecule has 0 saturated carbocycles. The van der Waals surface area contributed by atoms with E-state index in [-0.39, 0.29) is 18.1 Å². The molecule has 0 radical (unpaired) electrons. The summed E-state index contributed by atoms with van der Waals surface area (Å²) in [6.45, 7) is 0.0526. The summed E-state index contributed by atoms with van der Waals surface area (Å²) in [7, 11) is 1.39. The third kappa shape index (κ3) is 3.16. The van der Waals surface area contributed by atoms with Crippen LogP contribution in [0.25, 0.3) is 0 Å². The van der Waals surface area contributed by atoms with Gasteiger partial charge in [-0.3, -0.25) is 14.3 Å². The van der Waals surface area contributed by atoms with Crippen molar-refractivity contribution in [2.45, 2.75) is 24.7 Å².